The summed E-state index contributed by atoms with van der Waals surface area (Å²) in [7, 11) is 1.69. The molecule has 20 heavy (non-hydrogen) atoms. The van der Waals surface area contributed by atoms with E-state index in [1.54, 1.807) is 7.11 Å². The molecule has 0 amide bonds. The van der Waals surface area contributed by atoms with Crippen LogP contribution in [0, 0.1) is 0 Å². The highest BCUT2D eigenvalue weighted by Crippen LogP contribution is 2.39. The molecule has 1 aromatic carbocycles. The standard InChI is InChI=1S/C16H21N3O/c1-3-19-11-13(10-18-19)16(17)8-4-5-12-6-7-14(20-2)9-15(12)16/h6-7,9-11H,3-5,8,17H2,1-2H3. The second kappa shape index (κ2) is 4.94. The van der Waals surface area contributed by atoms with Gasteiger partial charge in [0.15, 0.2) is 0 Å². The molecular formula is C16H21N3O. The Labute approximate surface area is 119 Å². The van der Waals surface area contributed by atoms with E-state index in [0.29, 0.717) is 0 Å². The van der Waals surface area contributed by atoms with Crippen LogP contribution in [0.15, 0.2) is 30.6 Å². The molecule has 4 nitrogen and oxygen atoms in total. The number of methoxy groups -OCH3 is 1. The summed E-state index contributed by atoms with van der Waals surface area (Å²) in [6, 6.07) is 6.23. The van der Waals surface area contributed by atoms with E-state index in [4.69, 9.17) is 10.5 Å². The molecule has 0 spiro atoms. The summed E-state index contributed by atoms with van der Waals surface area (Å²) in [5.74, 6) is 0.864. The van der Waals surface area contributed by atoms with Crippen LogP contribution in [-0.2, 0) is 18.5 Å². The van der Waals surface area contributed by atoms with E-state index < -0.39 is 5.54 Å². The third-order valence-electron chi connectivity index (χ3n) is 4.29. The lowest BCUT2D eigenvalue weighted by atomic mass is 9.74. The predicted octanol–water partition coefficient (Wildman–Crippen LogP) is 2.45. The molecule has 1 aromatic heterocycles. The van der Waals surface area contributed by atoms with E-state index in [1.807, 2.05) is 16.9 Å². The zero-order chi connectivity index (χ0) is 14.2. The highest BCUT2D eigenvalue weighted by molar-refractivity contribution is 5.47. The minimum atomic E-state index is -0.449. The van der Waals surface area contributed by atoms with Gasteiger partial charge in [-0.2, -0.15) is 5.10 Å². The van der Waals surface area contributed by atoms with Crippen LogP contribution in [-0.4, -0.2) is 16.9 Å². The zero-order valence-corrected chi connectivity index (χ0v) is 12.1. The number of aromatic nitrogens is 2. The second-order valence-corrected chi connectivity index (χ2v) is 5.43. The van der Waals surface area contributed by atoms with Gasteiger partial charge in [-0.25, -0.2) is 0 Å². The predicted molar refractivity (Wildman–Crippen MR) is 78.8 cm³/mol. The maximum absolute atomic E-state index is 6.77. The summed E-state index contributed by atoms with van der Waals surface area (Å²) in [5, 5.41) is 4.38. The van der Waals surface area contributed by atoms with Crippen molar-refractivity contribution in [2.45, 2.75) is 38.3 Å². The van der Waals surface area contributed by atoms with E-state index in [9.17, 15) is 0 Å². The molecule has 3 rings (SSSR count). The summed E-state index contributed by atoms with van der Waals surface area (Å²) in [4.78, 5) is 0. The molecule has 4 heteroatoms. The summed E-state index contributed by atoms with van der Waals surface area (Å²) < 4.78 is 7.29. The normalized spacial score (nSPS) is 21.6. The van der Waals surface area contributed by atoms with Crippen LogP contribution >= 0.6 is 0 Å². The topological polar surface area (TPSA) is 53.1 Å². The molecule has 106 valence electrons. The van der Waals surface area contributed by atoms with Crippen molar-refractivity contribution in [2.24, 2.45) is 5.73 Å². The van der Waals surface area contributed by atoms with Gasteiger partial charge < -0.3 is 10.5 Å². The van der Waals surface area contributed by atoms with Gasteiger partial charge in [-0.15, -0.1) is 0 Å². The fourth-order valence-electron chi connectivity index (χ4n) is 3.07. The number of rotatable bonds is 3. The van der Waals surface area contributed by atoms with Crippen molar-refractivity contribution in [3.8, 4) is 5.75 Å². The number of hydrogen-bond donors (Lipinski definition) is 1. The van der Waals surface area contributed by atoms with Gasteiger partial charge in [0.1, 0.15) is 5.75 Å². The molecule has 0 fully saturated rings. The lowest BCUT2D eigenvalue weighted by Crippen LogP contribution is -2.41. The van der Waals surface area contributed by atoms with Crippen molar-refractivity contribution in [3.05, 3.63) is 47.3 Å². The van der Waals surface area contributed by atoms with Crippen LogP contribution in [0.2, 0.25) is 0 Å². The van der Waals surface area contributed by atoms with Gasteiger partial charge in [0, 0.05) is 18.3 Å². The smallest absolute Gasteiger partial charge is 0.119 e. The van der Waals surface area contributed by atoms with E-state index >= 15 is 0 Å². The van der Waals surface area contributed by atoms with Crippen LogP contribution in [0.5, 0.6) is 5.75 Å². The number of nitrogens with two attached hydrogens (primary N) is 1. The highest BCUT2D eigenvalue weighted by atomic mass is 16.5. The molecule has 0 saturated carbocycles. The maximum atomic E-state index is 6.77. The highest BCUT2D eigenvalue weighted by Gasteiger charge is 2.35. The van der Waals surface area contributed by atoms with Gasteiger partial charge >= 0.3 is 0 Å². The second-order valence-electron chi connectivity index (χ2n) is 5.43. The average Bonchev–Trinajstić information content (AvgIpc) is 2.97. The van der Waals surface area contributed by atoms with Gasteiger partial charge in [-0.05, 0) is 49.4 Å². The average molecular weight is 271 g/mol. The number of aryl methyl sites for hydroxylation is 2. The summed E-state index contributed by atoms with van der Waals surface area (Å²) in [6.07, 6.45) is 7.10. The van der Waals surface area contributed by atoms with Gasteiger partial charge in [0.25, 0.3) is 0 Å². The Kier molecular flexibility index (Phi) is 3.26. The number of hydrogen-bond acceptors (Lipinski definition) is 3. The maximum Gasteiger partial charge on any atom is 0.119 e. The minimum absolute atomic E-state index is 0.449. The molecule has 1 unspecified atom stereocenters. The number of fused-ring (bicyclic) bond motifs is 1. The Balaban J connectivity index is 2.11. The van der Waals surface area contributed by atoms with Crippen LogP contribution in [0.1, 0.15) is 36.5 Å². The van der Waals surface area contributed by atoms with Crippen molar-refractivity contribution in [1.82, 2.24) is 9.78 Å². The van der Waals surface area contributed by atoms with Gasteiger partial charge in [-0.3, -0.25) is 4.68 Å². The lowest BCUT2D eigenvalue weighted by molar-refractivity contribution is 0.404. The first-order valence-electron chi connectivity index (χ1n) is 7.16. The van der Waals surface area contributed by atoms with E-state index in [1.165, 1.54) is 11.1 Å². The Bertz CT molecular complexity index is 620. The van der Waals surface area contributed by atoms with E-state index in [-0.39, 0.29) is 0 Å². The fourth-order valence-corrected chi connectivity index (χ4v) is 3.07. The summed E-state index contributed by atoms with van der Waals surface area (Å²) in [6.45, 7) is 2.94. The first-order chi connectivity index (χ1) is 9.67. The van der Waals surface area contributed by atoms with Crippen molar-refractivity contribution < 1.29 is 4.74 Å². The summed E-state index contributed by atoms with van der Waals surface area (Å²) >= 11 is 0. The molecule has 0 saturated heterocycles. The molecule has 2 N–H and O–H groups in total. The van der Waals surface area contributed by atoms with Gasteiger partial charge in [-0.1, -0.05) is 6.07 Å². The van der Waals surface area contributed by atoms with Crippen molar-refractivity contribution >= 4 is 0 Å². The largest absolute Gasteiger partial charge is 0.497 e. The van der Waals surface area contributed by atoms with Gasteiger partial charge in [0.2, 0.25) is 0 Å². The van der Waals surface area contributed by atoms with Crippen molar-refractivity contribution in [2.75, 3.05) is 7.11 Å². The first-order valence-corrected chi connectivity index (χ1v) is 7.16. The molecule has 1 atom stereocenters. The van der Waals surface area contributed by atoms with Crippen molar-refractivity contribution in [1.29, 1.82) is 0 Å². The molecule has 1 aliphatic carbocycles. The van der Waals surface area contributed by atoms with Gasteiger partial charge in [0.05, 0.1) is 18.8 Å². The Morgan fingerprint density at radius 1 is 1.45 bits per heavy atom. The Morgan fingerprint density at radius 3 is 3.00 bits per heavy atom. The first kappa shape index (κ1) is 13.2. The quantitative estimate of drug-likeness (QED) is 0.933. The van der Waals surface area contributed by atoms with E-state index in [2.05, 4.69) is 30.4 Å². The SMILES string of the molecule is CCn1cc(C2(N)CCCc3ccc(OC)cc32)cn1. The van der Waals surface area contributed by atoms with Crippen molar-refractivity contribution in [3.63, 3.8) is 0 Å². The molecule has 1 aliphatic rings. The third kappa shape index (κ3) is 2.00. The molecule has 0 radical (unpaired) electrons. The Hall–Kier alpha value is -1.81. The minimum Gasteiger partial charge on any atom is -0.497 e. The van der Waals surface area contributed by atoms with E-state index in [0.717, 1.165) is 37.1 Å². The lowest BCUT2D eigenvalue weighted by Gasteiger charge is -2.35. The monoisotopic (exact) mass is 271 g/mol. The fraction of sp³-hybridized carbons (Fsp3) is 0.438. The van der Waals surface area contributed by atoms with Crippen LogP contribution in [0.3, 0.4) is 0 Å². The molecule has 0 aliphatic heterocycles. The molecule has 2 aromatic rings. The summed E-state index contributed by atoms with van der Waals surface area (Å²) in [5.41, 5.74) is 9.92. The Morgan fingerprint density at radius 2 is 2.30 bits per heavy atom. The van der Waals surface area contributed by atoms with Crippen LogP contribution in [0.25, 0.3) is 0 Å². The number of nitrogens with zero attached hydrogens (tertiary/aromatic N) is 2. The molecule has 0 bridgehead atoms. The third-order valence-corrected chi connectivity index (χ3v) is 4.29. The molecule has 1 heterocycles. The molecular weight excluding hydrogens is 250 g/mol. The number of ether oxygens (including phenoxy) is 1. The van der Waals surface area contributed by atoms with Crippen LogP contribution in [0.4, 0.5) is 0 Å². The van der Waals surface area contributed by atoms with Crippen LogP contribution < -0.4 is 10.5 Å². The zero-order valence-electron chi connectivity index (χ0n) is 12.1. The number of benzene rings is 1.